The largest absolute Gasteiger partial charge is 0.399 e. The molecule has 2 aromatic carbocycles. The van der Waals surface area contributed by atoms with Crippen LogP contribution in [-0.4, -0.2) is 17.9 Å². The molecule has 108 valence electrons. The van der Waals surface area contributed by atoms with Gasteiger partial charge in [-0.2, -0.15) is 0 Å². The summed E-state index contributed by atoms with van der Waals surface area (Å²) in [5.41, 5.74) is 8.31. The van der Waals surface area contributed by atoms with E-state index in [9.17, 15) is 4.79 Å². The summed E-state index contributed by atoms with van der Waals surface area (Å²) in [6.07, 6.45) is 3.33. The molecule has 3 nitrogen and oxygen atoms in total. The molecule has 0 unspecified atom stereocenters. The molecule has 2 rings (SSSR count). The zero-order valence-corrected chi connectivity index (χ0v) is 12.5. The summed E-state index contributed by atoms with van der Waals surface area (Å²) in [5, 5.41) is 0.691. The van der Waals surface area contributed by atoms with Gasteiger partial charge >= 0.3 is 0 Å². The van der Waals surface area contributed by atoms with E-state index in [0.29, 0.717) is 17.3 Å². The first kappa shape index (κ1) is 15.1. The van der Waals surface area contributed by atoms with E-state index in [-0.39, 0.29) is 5.91 Å². The third-order valence-corrected chi connectivity index (χ3v) is 3.32. The Morgan fingerprint density at radius 1 is 1.14 bits per heavy atom. The highest BCUT2D eigenvalue weighted by atomic mass is 35.5. The smallest absolute Gasteiger partial charge is 0.246 e. The lowest BCUT2D eigenvalue weighted by Gasteiger charge is -2.15. The molecular formula is C17H17ClN2O. The van der Waals surface area contributed by atoms with Crippen LogP contribution in [0.15, 0.2) is 54.6 Å². The number of carbonyl (C=O) groups excluding carboxylic acids is 1. The van der Waals surface area contributed by atoms with E-state index >= 15 is 0 Å². The van der Waals surface area contributed by atoms with Crippen molar-refractivity contribution in [2.75, 3.05) is 12.8 Å². The van der Waals surface area contributed by atoms with Crippen LogP contribution in [0.3, 0.4) is 0 Å². The Hall–Kier alpha value is -2.26. The number of halogens is 1. The third kappa shape index (κ3) is 4.65. The number of hydrogen-bond acceptors (Lipinski definition) is 2. The summed E-state index contributed by atoms with van der Waals surface area (Å²) in [6.45, 7) is 0.544. The van der Waals surface area contributed by atoms with Crippen molar-refractivity contribution in [1.29, 1.82) is 0 Å². The summed E-state index contributed by atoms with van der Waals surface area (Å²) in [5.74, 6) is -0.0539. The maximum absolute atomic E-state index is 12.0. The van der Waals surface area contributed by atoms with E-state index in [0.717, 1.165) is 11.1 Å². The molecular weight excluding hydrogens is 284 g/mol. The standard InChI is InChI=1S/C17H17ClN2O/c1-20(12-14-2-7-15(18)8-3-14)17(21)11-6-13-4-9-16(19)10-5-13/h2-11H,12,19H2,1H3/b11-6+. The lowest BCUT2D eigenvalue weighted by atomic mass is 10.2. The van der Waals surface area contributed by atoms with Crippen LogP contribution >= 0.6 is 11.6 Å². The number of nitrogens with zero attached hydrogens (tertiary/aromatic N) is 1. The molecule has 0 aromatic heterocycles. The minimum absolute atomic E-state index is 0.0539. The minimum Gasteiger partial charge on any atom is -0.399 e. The SMILES string of the molecule is CN(Cc1ccc(Cl)cc1)C(=O)/C=C/c1ccc(N)cc1. The second-order valence-corrected chi connectivity index (χ2v) is 5.26. The maximum Gasteiger partial charge on any atom is 0.246 e. The van der Waals surface area contributed by atoms with Crippen LogP contribution in [0.5, 0.6) is 0 Å². The number of rotatable bonds is 4. The predicted molar refractivity (Wildman–Crippen MR) is 87.8 cm³/mol. The van der Waals surface area contributed by atoms with E-state index in [4.69, 9.17) is 17.3 Å². The summed E-state index contributed by atoms with van der Waals surface area (Å²) < 4.78 is 0. The zero-order chi connectivity index (χ0) is 15.2. The number of nitrogen functional groups attached to an aromatic ring is 1. The van der Waals surface area contributed by atoms with Crippen molar-refractivity contribution < 1.29 is 4.79 Å². The summed E-state index contributed by atoms with van der Waals surface area (Å²) >= 11 is 5.84. The Morgan fingerprint density at radius 3 is 2.38 bits per heavy atom. The first-order chi connectivity index (χ1) is 10.0. The fourth-order valence-corrected chi connectivity index (χ4v) is 1.97. The van der Waals surface area contributed by atoms with Gasteiger partial charge in [0.1, 0.15) is 0 Å². The highest BCUT2D eigenvalue weighted by Crippen LogP contribution is 2.11. The van der Waals surface area contributed by atoms with E-state index in [2.05, 4.69) is 0 Å². The van der Waals surface area contributed by atoms with Crippen LogP contribution in [0.2, 0.25) is 5.02 Å². The molecule has 2 aromatic rings. The molecule has 0 atom stereocenters. The Bertz CT molecular complexity index is 633. The first-order valence-electron chi connectivity index (χ1n) is 6.58. The first-order valence-corrected chi connectivity index (χ1v) is 6.95. The van der Waals surface area contributed by atoms with E-state index in [1.54, 1.807) is 24.1 Å². The zero-order valence-electron chi connectivity index (χ0n) is 11.8. The quantitative estimate of drug-likeness (QED) is 0.693. The molecule has 0 aliphatic rings. The number of amides is 1. The average Bonchev–Trinajstić information content (AvgIpc) is 2.48. The summed E-state index contributed by atoms with van der Waals surface area (Å²) in [6, 6.07) is 14.8. The Morgan fingerprint density at radius 2 is 1.76 bits per heavy atom. The summed E-state index contributed by atoms with van der Waals surface area (Å²) in [4.78, 5) is 13.7. The van der Waals surface area contributed by atoms with Gasteiger partial charge in [-0.1, -0.05) is 35.9 Å². The molecule has 0 saturated carbocycles. The van der Waals surface area contributed by atoms with Gasteiger partial charge in [-0.3, -0.25) is 4.79 Å². The number of hydrogen-bond donors (Lipinski definition) is 1. The second-order valence-electron chi connectivity index (χ2n) is 4.82. The molecule has 21 heavy (non-hydrogen) atoms. The van der Waals surface area contributed by atoms with E-state index in [1.807, 2.05) is 48.5 Å². The molecule has 0 aliphatic heterocycles. The number of likely N-dealkylation sites (N-methyl/N-ethyl adjacent to an activating group) is 1. The van der Waals surface area contributed by atoms with Gasteiger partial charge in [-0.25, -0.2) is 0 Å². The molecule has 0 radical (unpaired) electrons. The van der Waals surface area contributed by atoms with Gasteiger partial charge in [0.2, 0.25) is 5.91 Å². The number of carbonyl (C=O) groups is 1. The molecule has 0 aliphatic carbocycles. The Labute approximate surface area is 129 Å². The molecule has 2 N–H and O–H groups in total. The van der Waals surface area contributed by atoms with E-state index < -0.39 is 0 Å². The molecule has 0 spiro atoms. The minimum atomic E-state index is -0.0539. The van der Waals surface area contributed by atoms with Crippen molar-refractivity contribution in [1.82, 2.24) is 4.90 Å². The Kier molecular flexibility index (Phi) is 5.01. The second kappa shape index (κ2) is 6.95. The van der Waals surface area contributed by atoms with Gasteiger partial charge in [-0.05, 0) is 41.5 Å². The van der Waals surface area contributed by atoms with Gasteiger partial charge in [0, 0.05) is 30.4 Å². The van der Waals surface area contributed by atoms with Crippen molar-refractivity contribution in [3.05, 3.63) is 70.8 Å². The normalized spacial score (nSPS) is 10.8. The van der Waals surface area contributed by atoms with Crippen LogP contribution < -0.4 is 5.73 Å². The van der Waals surface area contributed by atoms with E-state index in [1.165, 1.54) is 0 Å². The molecule has 4 heteroatoms. The van der Waals surface area contributed by atoms with Gasteiger partial charge in [0.15, 0.2) is 0 Å². The van der Waals surface area contributed by atoms with Crippen molar-refractivity contribution >= 4 is 29.3 Å². The average molecular weight is 301 g/mol. The Balaban J connectivity index is 1.96. The van der Waals surface area contributed by atoms with Gasteiger partial charge in [0.25, 0.3) is 0 Å². The van der Waals surface area contributed by atoms with Crippen LogP contribution in [0.25, 0.3) is 6.08 Å². The predicted octanol–water partition coefficient (Wildman–Crippen LogP) is 3.59. The van der Waals surface area contributed by atoms with Crippen LogP contribution in [0.1, 0.15) is 11.1 Å². The van der Waals surface area contributed by atoms with Crippen molar-refractivity contribution in [2.24, 2.45) is 0 Å². The molecule has 1 amide bonds. The lowest BCUT2D eigenvalue weighted by Crippen LogP contribution is -2.24. The third-order valence-electron chi connectivity index (χ3n) is 3.06. The van der Waals surface area contributed by atoms with Gasteiger partial charge in [-0.15, -0.1) is 0 Å². The number of anilines is 1. The molecule has 0 heterocycles. The maximum atomic E-state index is 12.0. The van der Waals surface area contributed by atoms with Crippen LogP contribution in [0.4, 0.5) is 5.69 Å². The molecule has 0 saturated heterocycles. The number of benzene rings is 2. The van der Waals surface area contributed by atoms with Crippen LogP contribution in [-0.2, 0) is 11.3 Å². The molecule has 0 bridgehead atoms. The van der Waals surface area contributed by atoms with Crippen molar-refractivity contribution in [3.63, 3.8) is 0 Å². The van der Waals surface area contributed by atoms with Crippen LogP contribution in [0, 0.1) is 0 Å². The lowest BCUT2D eigenvalue weighted by molar-refractivity contribution is -0.125. The number of nitrogens with two attached hydrogens (primary N) is 1. The highest BCUT2D eigenvalue weighted by Gasteiger charge is 2.05. The van der Waals surface area contributed by atoms with Crippen molar-refractivity contribution in [3.8, 4) is 0 Å². The fraction of sp³-hybridized carbons (Fsp3) is 0.118. The topological polar surface area (TPSA) is 46.3 Å². The van der Waals surface area contributed by atoms with Gasteiger partial charge in [0.05, 0.1) is 0 Å². The summed E-state index contributed by atoms with van der Waals surface area (Å²) in [7, 11) is 1.77. The van der Waals surface area contributed by atoms with Gasteiger partial charge < -0.3 is 10.6 Å². The fourth-order valence-electron chi connectivity index (χ4n) is 1.84. The molecule has 0 fully saturated rings. The highest BCUT2D eigenvalue weighted by molar-refractivity contribution is 6.30. The monoisotopic (exact) mass is 300 g/mol. The van der Waals surface area contributed by atoms with Crippen molar-refractivity contribution in [2.45, 2.75) is 6.54 Å².